The zero-order valence-corrected chi connectivity index (χ0v) is 7.16. The number of nitrogens with one attached hydrogen (secondary N) is 1. The summed E-state index contributed by atoms with van der Waals surface area (Å²) in [6.45, 7) is 2.83. The Hall–Kier alpha value is -1.10. The molecule has 70 valence electrons. The van der Waals surface area contributed by atoms with Crippen LogP contribution in [0.25, 0.3) is 0 Å². The maximum atomic E-state index is 10.9. The summed E-state index contributed by atoms with van der Waals surface area (Å²) in [6, 6.07) is -0.704. The van der Waals surface area contributed by atoms with Crippen molar-refractivity contribution in [3.05, 3.63) is 0 Å². The Morgan fingerprint density at radius 1 is 1.58 bits per heavy atom. The fourth-order valence-electron chi connectivity index (χ4n) is 0.613. The van der Waals surface area contributed by atoms with Crippen molar-refractivity contribution < 1.29 is 19.4 Å². The van der Waals surface area contributed by atoms with E-state index in [9.17, 15) is 9.59 Å². The van der Waals surface area contributed by atoms with Gasteiger partial charge in [-0.05, 0) is 13.8 Å². The first-order chi connectivity index (χ1) is 5.61. The fraction of sp³-hybridized carbons (Fsp3) is 0.714. The van der Waals surface area contributed by atoms with Crippen molar-refractivity contribution in [2.75, 3.05) is 13.2 Å². The Labute approximate surface area is 70.7 Å². The van der Waals surface area contributed by atoms with Gasteiger partial charge in [-0.2, -0.15) is 0 Å². The molecular formula is C7H13NO4. The van der Waals surface area contributed by atoms with E-state index in [0.29, 0.717) is 0 Å². The summed E-state index contributed by atoms with van der Waals surface area (Å²) in [5, 5.41) is 10.6. The minimum absolute atomic E-state index is 0.276. The van der Waals surface area contributed by atoms with Crippen LogP contribution in [0.4, 0.5) is 0 Å². The van der Waals surface area contributed by atoms with Gasteiger partial charge in [0.1, 0.15) is 12.6 Å². The second-order valence-corrected chi connectivity index (χ2v) is 2.20. The van der Waals surface area contributed by atoms with Gasteiger partial charge in [0.05, 0.1) is 6.61 Å². The normalized spacial score (nSPS) is 11.9. The number of esters is 1. The quantitative estimate of drug-likeness (QED) is 0.540. The minimum atomic E-state index is -0.704. The summed E-state index contributed by atoms with van der Waals surface area (Å²) >= 11 is 0. The van der Waals surface area contributed by atoms with Gasteiger partial charge in [0, 0.05) is 0 Å². The summed E-state index contributed by atoms with van der Waals surface area (Å²) < 4.78 is 4.61. The van der Waals surface area contributed by atoms with Gasteiger partial charge in [0.15, 0.2) is 0 Å². The number of carbonyl (C=O) groups is 2. The molecule has 0 rings (SSSR count). The van der Waals surface area contributed by atoms with Gasteiger partial charge in [-0.15, -0.1) is 0 Å². The summed E-state index contributed by atoms with van der Waals surface area (Å²) in [5.74, 6) is -1.09. The van der Waals surface area contributed by atoms with Crippen LogP contribution < -0.4 is 5.32 Å². The molecule has 5 nitrogen and oxygen atoms in total. The van der Waals surface area contributed by atoms with Crippen LogP contribution in [0.5, 0.6) is 0 Å². The summed E-state index contributed by atoms with van der Waals surface area (Å²) in [6.07, 6.45) is 0. The van der Waals surface area contributed by atoms with E-state index in [0.717, 1.165) is 0 Å². The molecule has 0 aliphatic rings. The molecule has 2 N–H and O–H groups in total. The van der Waals surface area contributed by atoms with Gasteiger partial charge < -0.3 is 15.2 Å². The number of amides is 1. The van der Waals surface area contributed by atoms with Crippen molar-refractivity contribution in [2.45, 2.75) is 19.9 Å². The predicted molar refractivity (Wildman–Crippen MR) is 41.3 cm³/mol. The highest BCUT2D eigenvalue weighted by Crippen LogP contribution is 1.87. The van der Waals surface area contributed by atoms with Crippen LogP contribution in [0.3, 0.4) is 0 Å². The van der Waals surface area contributed by atoms with Gasteiger partial charge in [0.2, 0.25) is 5.91 Å². The lowest BCUT2D eigenvalue weighted by Gasteiger charge is -2.10. The Kier molecular flexibility index (Phi) is 5.03. The zero-order chi connectivity index (χ0) is 9.56. The van der Waals surface area contributed by atoms with E-state index in [1.807, 2.05) is 0 Å². The third-order valence-electron chi connectivity index (χ3n) is 1.16. The van der Waals surface area contributed by atoms with Crippen LogP contribution in [-0.4, -0.2) is 36.2 Å². The number of ether oxygens (including phenoxy) is 1. The van der Waals surface area contributed by atoms with Crippen LogP contribution in [0, 0.1) is 0 Å². The lowest BCUT2D eigenvalue weighted by molar-refractivity contribution is -0.147. The molecule has 0 aromatic heterocycles. The summed E-state index contributed by atoms with van der Waals surface area (Å²) in [5.41, 5.74) is 0. The number of rotatable bonds is 4. The molecule has 0 spiro atoms. The van der Waals surface area contributed by atoms with Crippen LogP contribution in [-0.2, 0) is 14.3 Å². The Bertz CT molecular complexity index is 169. The molecular weight excluding hydrogens is 162 g/mol. The first-order valence-electron chi connectivity index (χ1n) is 3.68. The number of aliphatic hydroxyl groups excluding tert-OH is 1. The summed E-state index contributed by atoms with van der Waals surface area (Å²) in [7, 11) is 0. The maximum absolute atomic E-state index is 10.9. The van der Waals surface area contributed by atoms with E-state index < -0.39 is 24.5 Å². The highest BCUT2D eigenvalue weighted by atomic mass is 16.5. The molecule has 1 amide bonds. The second-order valence-electron chi connectivity index (χ2n) is 2.20. The molecule has 12 heavy (non-hydrogen) atoms. The average Bonchev–Trinajstić information content (AvgIpc) is 2.04. The van der Waals surface area contributed by atoms with Crippen molar-refractivity contribution in [1.82, 2.24) is 5.32 Å². The van der Waals surface area contributed by atoms with E-state index in [1.54, 1.807) is 6.92 Å². The molecule has 0 aliphatic heterocycles. The van der Waals surface area contributed by atoms with Crippen molar-refractivity contribution in [3.8, 4) is 0 Å². The lowest BCUT2D eigenvalue weighted by atomic mass is 10.3. The molecule has 0 saturated heterocycles. The van der Waals surface area contributed by atoms with Crippen molar-refractivity contribution >= 4 is 11.9 Å². The fourth-order valence-corrected chi connectivity index (χ4v) is 0.613. The Morgan fingerprint density at radius 3 is 2.58 bits per heavy atom. The van der Waals surface area contributed by atoms with Crippen LogP contribution in [0.2, 0.25) is 0 Å². The largest absolute Gasteiger partial charge is 0.464 e. The first-order valence-corrected chi connectivity index (χ1v) is 3.68. The molecule has 1 atom stereocenters. The predicted octanol–water partition coefficient (Wildman–Crippen LogP) is -0.953. The first kappa shape index (κ1) is 10.9. The minimum Gasteiger partial charge on any atom is -0.464 e. The number of hydrogen-bond acceptors (Lipinski definition) is 4. The van der Waals surface area contributed by atoms with Gasteiger partial charge in [-0.1, -0.05) is 0 Å². The molecule has 0 aliphatic carbocycles. The van der Waals surface area contributed by atoms with Gasteiger partial charge in [-0.3, -0.25) is 4.79 Å². The van der Waals surface area contributed by atoms with Crippen LogP contribution in [0.15, 0.2) is 0 Å². The molecule has 0 heterocycles. The van der Waals surface area contributed by atoms with Gasteiger partial charge >= 0.3 is 5.97 Å². The highest BCUT2D eigenvalue weighted by Gasteiger charge is 2.15. The zero-order valence-electron chi connectivity index (χ0n) is 7.16. The van der Waals surface area contributed by atoms with Gasteiger partial charge in [0.25, 0.3) is 0 Å². The molecule has 0 aromatic rings. The average molecular weight is 175 g/mol. The third-order valence-corrected chi connectivity index (χ3v) is 1.16. The smallest absolute Gasteiger partial charge is 0.328 e. The van der Waals surface area contributed by atoms with Crippen molar-refractivity contribution in [1.29, 1.82) is 0 Å². The van der Waals surface area contributed by atoms with E-state index in [-0.39, 0.29) is 6.61 Å². The number of carbonyl (C=O) groups excluding carboxylic acids is 2. The van der Waals surface area contributed by atoms with E-state index in [2.05, 4.69) is 10.1 Å². The van der Waals surface area contributed by atoms with E-state index in [4.69, 9.17) is 5.11 Å². The highest BCUT2D eigenvalue weighted by molar-refractivity contribution is 5.84. The maximum Gasteiger partial charge on any atom is 0.328 e. The lowest BCUT2D eigenvalue weighted by Crippen LogP contribution is -2.40. The topological polar surface area (TPSA) is 75.6 Å². The molecule has 0 bridgehead atoms. The van der Waals surface area contributed by atoms with Crippen molar-refractivity contribution in [3.63, 3.8) is 0 Å². The molecule has 0 unspecified atom stereocenters. The third kappa shape index (κ3) is 3.92. The molecule has 0 radical (unpaired) electrons. The van der Waals surface area contributed by atoms with E-state index in [1.165, 1.54) is 6.92 Å². The Balaban J connectivity index is 3.78. The molecule has 0 fully saturated rings. The SMILES string of the molecule is CCOC(=O)[C@H](C)NC(=O)CO. The Morgan fingerprint density at radius 2 is 2.17 bits per heavy atom. The van der Waals surface area contributed by atoms with Gasteiger partial charge in [-0.25, -0.2) is 4.79 Å². The molecule has 0 aromatic carbocycles. The molecule has 5 heteroatoms. The number of aliphatic hydroxyl groups is 1. The van der Waals surface area contributed by atoms with Crippen LogP contribution in [0.1, 0.15) is 13.8 Å². The number of hydrogen-bond donors (Lipinski definition) is 2. The van der Waals surface area contributed by atoms with Crippen molar-refractivity contribution in [2.24, 2.45) is 0 Å². The second kappa shape index (κ2) is 5.54. The summed E-state index contributed by atoms with van der Waals surface area (Å²) in [4.78, 5) is 21.4. The van der Waals surface area contributed by atoms with E-state index >= 15 is 0 Å². The van der Waals surface area contributed by atoms with Crippen LogP contribution >= 0.6 is 0 Å². The molecule has 0 saturated carbocycles. The monoisotopic (exact) mass is 175 g/mol. The standard InChI is InChI=1S/C7H13NO4/c1-3-12-7(11)5(2)8-6(10)4-9/h5,9H,3-4H2,1-2H3,(H,8,10)/t5-/m0/s1.